The Balaban J connectivity index is 1.31. The molecule has 0 spiro atoms. The van der Waals surface area contributed by atoms with E-state index in [1.807, 2.05) is 0 Å². The van der Waals surface area contributed by atoms with Gasteiger partial charge in [-0.1, -0.05) is 12.1 Å². The summed E-state index contributed by atoms with van der Waals surface area (Å²) in [4.78, 5) is 17.1. The number of carbonyl (C=O) groups excluding carboxylic acids is 1. The average molecular weight is 345 g/mol. The first-order chi connectivity index (χ1) is 12.1. The third kappa shape index (κ3) is 5.19. The Kier molecular flexibility index (Phi) is 6.32. The number of hydrogen-bond donors (Lipinski definition) is 2. The van der Waals surface area contributed by atoms with Gasteiger partial charge in [0, 0.05) is 50.4 Å². The van der Waals surface area contributed by atoms with E-state index < -0.39 is 0 Å². The third-order valence-electron chi connectivity index (χ3n) is 5.53. The minimum Gasteiger partial charge on any atom is -0.369 e. The average Bonchev–Trinajstić information content (AvgIpc) is 3.06. The van der Waals surface area contributed by atoms with Gasteiger partial charge >= 0.3 is 0 Å². The predicted octanol–water partition coefficient (Wildman–Crippen LogP) is 1.75. The van der Waals surface area contributed by atoms with Crippen molar-refractivity contribution in [3.63, 3.8) is 0 Å². The monoisotopic (exact) mass is 344 g/mol. The summed E-state index contributed by atoms with van der Waals surface area (Å²) in [6.45, 7) is 8.34. The van der Waals surface area contributed by atoms with Gasteiger partial charge in [-0.15, -0.1) is 0 Å². The molecule has 0 aromatic heterocycles. The molecule has 1 aromatic rings. The van der Waals surface area contributed by atoms with Crippen LogP contribution in [0.15, 0.2) is 24.3 Å². The molecule has 138 valence electrons. The molecule has 0 bridgehead atoms. The van der Waals surface area contributed by atoms with Crippen molar-refractivity contribution in [3.05, 3.63) is 29.8 Å². The van der Waals surface area contributed by atoms with E-state index in [1.54, 1.807) is 0 Å². The summed E-state index contributed by atoms with van der Waals surface area (Å²) in [5.41, 5.74) is 8.54. The van der Waals surface area contributed by atoms with Crippen LogP contribution in [0.4, 0.5) is 5.69 Å². The Labute approximate surface area is 151 Å². The van der Waals surface area contributed by atoms with E-state index in [9.17, 15) is 4.79 Å². The normalized spacial score (nSPS) is 24.5. The van der Waals surface area contributed by atoms with Crippen LogP contribution in [0.5, 0.6) is 0 Å². The standard InChI is InChI=1S/C20H32N4O/c1-16-4-2-5-19(14-16)24-12-10-23(11-13-24)9-3-8-22-20(25)17-6-7-18(21)15-17/h2,4-5,14,17-18H,3,6-13,15,21H2,1H3,(H,22,25). The lowest BCUT2D eigenvalue weighted by Crippen LogP contribution is -2.47. The van der Waals surface area contributed by atoms with Gasteiger partial charge in [0.1, 0.15) is 0 Å². The zero-order chi connectivity index (χ0) is 17.6. The summed E-state index contributed by atoms with van der Waals surface area (Å²) < 4.78 is 0. The predicted molar refractivity (Wildman–Crippen MR) is 103 cm³/mol. The quantitative estimate of drug-likeness (QED) is 0.772. The lowest BCUT2D eigenvalue weighted by molar-refractivity contribution is -0.124. The first kappa shape index (κ1) is 18.2. The molecule has 2 atom stereocenters. The number of anilines is 1. The van der Waals surface area contributed by atoms with Gasteiger partial charge in [-0.2, -0.15) is 0 Å². The number of rotatable bonds is 6. The molecule has 1 saturated carbocycles. The lowest BCUT2D eigenvalue weighted by atomic mass is 10.1. The summed E-state index contributed by atoms with van der Waals surface area (Å²) in [6, 6.07) is 8.97. The van der Waals surface area contributed by atoms with Crippen molar-refractivity contribution in [2.75, 3.05) is 44.2 Å². The molecule has 2 aliphatic rings. The smallest absolute Gasteiger partial charge is 0.223 e. The fourth-order valence-electron chi connectivity index (χ4n) is 3.97. The zero-order valence-corrected chi connectivity index (χ0v) is 15.4. The molecule has 2 fully saturated rings. The van der Waals surface area contributed by atoms with Gasteiger partial charge in [0.2, 0.25) is 5.91 Å². The summed E-state index contributed by atoms with van der Waals surface area (Å²) in [7, 11) is 0. The summed E-state index contributed by atoms with van der Waals surface area (Å²) >= 11 is 0. The van der Waals surface area contributed by atoms with E-state index in [2.05, 4.69) is 46.3 Å². The number of hydrogen-bond acceptors (Lipinski definition) is 4. The minimum absolute atomic E-state index is 0.146. The number of benzene rings is 1. The van der Waals surface area contributed by atoms with Gasteiger partial charge < -0.3 is 16.0 Å². The van der Waals surface area contributed by atoms with Crippen molar-refractivity contribution in [2.45, 2.75) is 38.6 Å². The maximum Gasteiger partial charge on any atom is 0.223 e. The zero-order valence-electron chi connectivity index (χ0n) is 15.4. The highest BCUT2D eigenvalue weighted by Crippen LogP contribution is 2.24. The maximum absolute atomic E-state index is 12.1. The summed E-state index contributed by atoms with van der Waals surface area (Å²) in [6.07, 6.45) is 3.82. The fraction of sp³-hybridized carbons (Fsp3) is 0.650. The number of amides is 1. The Morgan fingerprint density at radius 1 is 1.24 bits per heavy atom. The van der Waals surface area contributed by atoms with Crippen LogP contribution in [-0.4, -0.2) is 56.1 Å². The van der Waals surface area contributed by atoms with Crippen molar-refractivity contribution in [1.82, 2.24) is 10.2 Å². The van der Waals surface area contributed by atoms with Crippen molar-refractivity contribution in [1.29, 1.82) is 0 Å². The lowest BCUT2D eigenvalue weighted by Gasteiger charge is -2.36. The van der Waals surface area contributed by atoms with Crippen LogP contribution in [0.1, 0.15) is 31.2 Å². The highest BCUT2D eigenvalue weighted by Gasteiger charge is 2.27. The number of nitrogens with zero attached hydrogens (tertiary/aromatic N) is 2. The van der Waals surface area contributed by atoms with E-state index in [0.29, 0.717) is 0 Å². The minimum atomic E-state index is 0.146. The molecule has 25 heavy (non-hydrogen) atoms. The second-order valence-electron chi connectivity index (χ2n) is 7.58. The van der Waals surface area contributed by atoms with Crippen LogP contribution in [0, 0.1) is 12.8 Å². The van der Waals surface area contributed by atoms with Crippen LogP contribution in [0.2, 0.25) is 0 Å². The van der Waals surface area contributed by atoms with E-state index in [1.165, 1.54) is 11.3 Å². The van der Waals surface area contributed by atoms with E-state index >= 15 is 0 Å². The molecule has 1 aliphatic carbocycles. The molecule has 3 N–H and O–H groups in total. The molecule has 0 radical (unpaired) electrons. The Hall–Kier alpha value is -1.59. The molecule has 2 unspecified atom stereocenters. The van der Waals surface area contributed by atoms with Crippen LogP contribution in [0.3, 0.4) is 0 Å². The first-order valence-corrected chi connectivity index (χ1v) is 9.69. The second kappa shape index (κ2) is 8.68. The Bertz CT molecular complexity index is 569. The molecule has 1 saturated heterocycles. The van der Waals surface area contributed by atoms with Gasteiger partial charge in [0.05, 0.1) is 0 Å². The molecule has 1 aromatic carbocycles. The Morgan fingerprint density at radius 3 is 2.72 bits per heavy atom. The SMILES string of the molecule is Cc1cccc(N2CCN(CCCNC(=O)C3CCC(N)C3)CC2)c1. The number of nitrogens with two attached hydrogens (primary N) is 1. The highest BCUT2D eigenvalue weighted by molar-refractivity contribution is 5.78. The van der Waals surface area contributed by atoms with Crippen molar-refractivity contribution in [2.24, 2.45) is 11.7 Å². The van der Waals surface area contributed by atoms with Crippen molar-refractivity contribution in [3.8, 4) is 0 Å². The largest absolute Gasteiger partial charge is 0.369 e. The Morgan fingerprint density at radius 2 is 2.04 bits per heavy atom. The van der Waals surface area contributed by atoms with E-state index in [0.717, 1.165) is 65.0 Å². The first-order valence-electron chi connectivity index (χ1n) is 9.69. The molecule has 5 heteroatoms. The van der Waals surface area contributed by atoms with Crippen LogP contribution in [-0.2, 0) is 4.79 Å². The van der Waals surface area contributed by atoms with Crippen molar-refractivity contribution >= 4 is 11.6 Å². The fourth-order valence-corrected chi connectivity index (χ4v) is 3.97. The molecule has 1 amide bonds. The molecule has 5 nitrogen and oxygen atoms in total. The molecule has 1 heterocycles. The maximum atomic E-state index is 12.1. The number of nitrogens with one attached hydrogen (secondary N) is 1. The molecular weight excluding hydrogens is 312 g/mol. The van der Waals surface area contributed by atoms with Crippen molar-refractivity contribution < 1.29 is 4.79 Å². The molecular formula is C20H32N4O. The van der Waals surface area contributed by atoms with E-state index in [-0.39, 0.29) is 17.9 Å². The van der Waals surface area contributed by atoms with Crippen LogP contribution >= 0.6 is 0 Å². The van der Waals surface area contributed by atoms with Gasteiger partial charge in [-0.3, -0.25) is 9.69 Å². The second-order valence-corrected chi connectivity index (χ2v) is 7.58. The van der Waals surface area contributed by atoms with Crippen LogP contribution < -0.4 is 16.0 Å². The number of carbonyl (C=O) groups is 1. The molecule has 3 rings (SSSR count). The molecule has 1 aliphatic heterocycles. The number of aryl methyl sites for hydroxylation is 1. The number of piperazine rings is 1. The highest BCUT2D eigenvalue weighted by atomic mass is 16.1. The summed E-state index contributed by atoms with van der Waals surface area (Å²) in [5.74, 6) is 0.352. The summed E-state index contributed by atoms with van der Waals surface area (Å²) in [5, 5.41) is 3.09. The van der Waals surface area contributed by atoms with E-state index in [4.69, 9.17) is 5.73 Å². The van der Waals surface area contributed by atoms with Gasteiger partial charge in [0.25, 0.3) is 0 Å². The van der Waals surface area contributed by atoms with Gasteiger partial charge in [-0.25, -0.2) is 0 Å². The van der Waals surface area contributed by atoms with Crippen LogP contribution in [0.25, 0.3) is 0 Å². The third-order valence-corrected chi connectivity index (χ3v) is 5.53. The van der Waals surface area contributed by atoms with Gasteiger partial charge in [-0.05, 0) is 56.8 Å². The topological polar surface area (TPSA) is 61.6 Å². The van der Waals surface area contributed by atoms with Gasteiger partial charge in [0.15, 0.2) is 0 Å².